The molecule has 3 heteroatoms. The van der Waals surface area contributed by atoms with Crippen LogP contribution in [0.15, 0.2) is 23.1 Å². The lowest BCUT2D eigenvalue weighted by Gasteiger charge is -2.20. The maximum Gasteiger partial charge on any atom is 0.0318 e. The predicted octanol–water partition coefficient (Wildman–Crippen LogP) is 2.72. The molecule has 94 valence electrons. The third-order valence-electron chi connectivity index (χ3n) is 3.38. The summed E-state index contributed by atoms with van der Waals surface area (Å²) in [6.45, 7) is 0.777. The second-order valence-electron chi connectivity index (χ2n) is 4.59. The van der Waals surface area contributed by atoms with Crippen molar-refractivity contribution in [2.75, 3.05) is 19.3 Å². The number of fused-ring (bicyclic) bond motifs is 1. The van der Waals surface area contributed by atoms with Crippen LogP contribution >= 0.6 is 11.8 Å². The maximum atomic E-state index is 5.59. The summed E-state index contributed by atoms with van der Waals surface area (Å²) < 4.78 is 0. The fourth-order valence-corrected chi connectivity index (χ4v) is 3.42. The highest BCUT2D eigenvalue weighted by Crippen LogP contribution is 2.32. The van der Waals surface area contributed by atoms with Gasteiger partial charge in [0, 0.05) is 10.9 Å². The predicted molar refractivity (Wildman–Crippen MR) is 75.6 cm³/mol. The molecular formula is C14H22N2S. The monoisotopic (exact) mass is 250 g/mol. The minimum absolute atomic E-state index is 0.454. The molecule has 2 rings (SSSR count). The summed E-state index contributed by atoms with van der Waals surface area (Å²) in [4.78, 5) is 1.48. The molecule has 2 nitrogen and oxygen atoms in total. The van der Waals surface area contributed by atoms with E-state index in [1.807, 2.05) is 18.8 Å². The Hall–Kier alpha value is -0.510. The van der Waals surface area contributed by atoms with E-state index < -0.39 is 0 Å². The molecule has 1 aromatic rings. The minimum Gasteiger partial charge on any atom is -0.330 e. The van der Waals surface area contributed by atoms with Crippen molar-refractivity contribution in [1.29, 1.82) is 0 Å². The molecule has 1 aliphatic rings. The minimum atomic E-state index is 0.454. The van der Waals surface area contributed by atoms with Crippen LogP contribution in [0.2, 0.25) is 0 Å². The second kappa shape index (κ2) is 6.43. The van der Waals surface area contributed by atoms with Crippen molar-refractivity contribution in [1.82, 2.24) is 5.32 Å². The van der Waals surface area contributed by atoms with Crippen LogP contribution in [0.4, 0.5) is 0 Å². The smallest absolute Gasteiger partial charge is 0.0318 e. The molecule has 1 heterocycles. The number of aryl methyl sites for hydroxylation is 1. The standard InChI is InChI=1S/C14H22N2S/c1-16-13(5-2-8-15)11-6-7-14-12(10-11)4-3-9-17-14/h6-7,10,13,16H,2-5,8-9,15H2,1H3. The molecular weight excluding hydrogens is 228 g/mol. The van der Waals surface area contributed by atoms with Crippen molar-refractivity contribution < 1.29 is 0 Å². The average molecular weight is 250 g/mol. The van der Waals surface area contributed by atoms with Gasteiger partial charge in [-0.2, -0.15) is 0 Å². The zero-order valence-corrected chi connectivity index (χ0v) is 11.4. The summed E-state index contributed by atoms with van der Waals surface area (Å²) in [5, 5.41) is 3.40. The van der Waals surface area contributed by atoms with E-state index in [-0.39, 0.29) is 0 Å². The van der Waals surface area contributed by atoms with E-state index in [1.54, 1.807) is 0 Å². The highest BCUT2D eigenvalue weighted by atomic mass is 32.2. The molecule has 1 atom stereocenters. The topological polar surface area (TPSA) is 38.0 Å². The molecule has 3 N–H and O–H groups in total. The number of benzene rings is 1. The molecule has 0 radical (unpaired) electrons. The first-order valence-electron chi connectivity index (χ1n) is 6.48. The van der Waals surface area contributed by atoms with E-state index in [0.717, 1.165) is 19.4 Å². The van der Waals surface area contributed by atoms with Crippen LogP contribution in [0.3, 0.4) is 0 Å². The van der Waals surface area contributed by atoms with Crippen molar-refractivity contribution in [3.8, 4) is 0 Å². The molecule has 1 unspecified atom stereocenters. The number of rotatable bonds is 5. The maximum absolute atomic E-state index is 5.59. The van der Waals surface area contributed by atoms with Crippen molar-refractivity contribution in [2.24, 2.45) is 5.73 Å². The lowest BCUT2D eigenvalue weighted by molar-refractivity contribution is 0.530. The molecule has 0 saturated heterocycles. The van der Waals surface area contributed by atoms with Crippen LogP contribution in [-0.4, -0.2) is 19.3 Å². The highest BCUT2D eigenvalue weighted by molar-refractivity contribution is 7.99. The number of hydrogen-bond donors (Lipinski definition) is 2. The fraction of sp³-hybridized carbons (Fsp3) is 0.571. The first-order valence-corrected chi connectivity index (χ1v) is 7.46. The molecule has 17 heavy (non-hydrogen) atoms. The van der Waals surface area contributed by atoms with Crippen molar-refractivity contribution in [3.05, 3.63) is 29.3 Å². The fourth-order valence-electron chi connectivity index (χ4n) is 2.40. The molecule has 0 spiro atoms. The summed E-state index contributed by atoms with van der Waals surface area (Å²) in [6.07, 6.45) is 4.76. The molecule has 1 aromatic carbocycles. The second-order valence-corrected chi connectivity index (χ2v) is 5.73. The quantitative estimate of drug-likeness (QED) is 0.844. The Morgan fingerprint density at radius 2 is 2.35 bits per heavy atom. The zero-order valence-electron chi connectivity index (χ0n) is 10.5. The Labute approximate surface area is 108 Å². The van der Waals surface area contributed by atoms with Crippen LogP contribution in [0.5, 0.6) is 0 Å². The normalized spacial score (nSPS) is 16.6. The van der Waals surface area contributed by atoms with Crippen molar-refractivity contribution in [3.63, 3.8) is 0 Å². The van der Waals surface area contributed by atoms with Gasteiger partial charge in [0.05, 0.1) is 0 Å². The van der Waals surface area contributed by atoms with Gasteiger partial charge in [-0.05, 0) is 62.2 Å². The molecule has 0 bridgehead atoms. The molecule has 0 aliphatic carbocycles. The van der Waals surface area contributed by atoms with E-state index in [9.17, 15) is 0 Å². The van der Waals surface area contributed by atoms with E-state index >= 15 is 0 Å². The Morgan fingerprint density at radius 1 is 1.47 bits per heavy atom. The molecule has 0 aromatic heterocycles. The van der Waals surface area contributed by atoms with Crippen molar-refractivity contribution >= 4 is 11.8 Å². The number of thioether (sulfide) groups is 1. The van der Waals surface area contributed by atoms with E-state index in [4.69, 9.17) is 5.73 Å². The molecule has 0 amide bonds. The van der Waals surface area contributed by atoms with Gasteiger partial charge in [0.15, 0.2) is 0 Å². The van der Waals surface area contributed by atoms with Crippen LogP contribution in [0, 0.1) is 0 Å². The van der Waals surface area contributed by atoms with Gasteiger partial charge in [0.1, 0.15) is 0 Å². The summed E-state index contributed by atoms with van der Waals surface area (Å²) in [6, 6.07) is 7.41. The van der Waals surface area contributed by atoms with E-state index in [2.05, 4.69) is 23.5 Å². The average Bonchev–Trinajstić information content (AvgIpc) is 2.39. The van der Waals surface area contributed by atoms with Crippen LogP contribution in [0.25, 0.3) is 0 Å². The first-order chi connectivity index (χ1) is 8.35. The lowest BCUT2D eigenvalue weighted by Crippen LogP contribution is -2.18. The van der Waals surface area contributed by atoms with E-state index in [0.29, 0.717) is 6.04 Å². The Morgan fingerprint density at radius 3 is 3.12 bits per heavy atom. The van der Waals surface area contributed by atoms with Gasteiger partial charge in [-0.1, -0.05) is 12.1 Å². The van der Waals surface area contributed by atoms with Gasteiger partial charge < -0.3 is 11.1 Å². The van der Waals surface area contributed by atoms with Gasteiger partial charge in [0.2, 0.25) is 0 Å². The summed E-state index contributed by atoms with van der Waals surface area (Å²) in [7, 11) is 2.04. The SMILES string of the molecule is CNC(CCCN)c1ccc2c(c1)CCCS2. The summed E-state index contributed by atoms with van der Waals surface area (Å²) in [5.74, 6) is 1.27. The number of nitrogens with one attached hydrogen (secondary N) is 1. The molecule has 0 saturated carbocycles. The van der Waals surface area contributed by atoms with E-state index in [1.165, 1.54) is 34.6 Å². The molecule has 0 fully saturated rings. The lowest BCUT2D eigenvalue weighted by atomic mass is 9.98. The summed E-state index contributed by atoms with van der Waals surface area (Å²) in [5.41, 5.74) is 8.54. The number of hydrogen-bond acceptors (Lipinski definition) is 3. The Balaban J connectivity index is 2.13. The number of nitrogens with two attached hydrogens (primary N) is 1. The van der Waals surface area contributed by atoms with Crippen molar-refractivity contribution in [2.45, 2.75) is 36.6 Å². The first kappa shape index (κ1) is 12.9. The molecule has 1 aliphatic heterocycles. The van der Waals surface area contributed by atoms with Gasteiger partial charge in [-0.15, -0.1) is 11.8 Å². The largest absolute Gasteiger partial charge is 0.330 e. The third kappa shape index (κ3) is 3.24. The Kier molecular flexibility index (Phi) is 4.89. The van der Waals surface area contributed by atoms with Gasteiger partial charge in [-0.25, -0.2) is 0 Å². The van der Waals surface area contributed by atoms with Gasteiger partial charge in [-0.3, -0.25) is 0 Å². The Bertz CT molecular complexity index is 365. The zero-order chi connectivity index (χ0) is 12.1. The van der Waals surface area contributed by atoms with Gasteiger partial charge >= 0.3 is 0 Å². The highest BCUT2D eigenvalue weighted by Gasteiger charge is 2.14. The third-order valence-corrected chi connectivity index (χ3v) is 4.58. The van der Waals surface area contributed by atoms with Crippen LogP contribution in [-0.2, 0) is 6.42 Å². The van der Waals surface area contributed by atoms with Gasteiger partial charge in [0.25, 0.3) is 0 Å². The summed E-state index contributed by atoms with van der Waals surface area (Å²) >= 11 is 1.99. The van der Waals surface area contributed by atoms with Crippen LogP contribution in [0.1, 0.15) is 36.4 Å². The van der Waals surface area contributed by atoms with Crippen LogP contribution < -0.4 is 11.1 Å².